The van der Waals surface area contributed by atoms with E-state index in [4.69, 9.17) is 9.47 Å². The van der Waals surface area contributed by atoms with Crippen molar-refractivity contribution in [3.8, 4) is 0 Å². The topological polar surface area (TPSA) is 25.1 Å². The molecule has 0 saturated carbocycles. The molecule has 2 nitrogen and oxygen atoms in total. The maximum absolute atomic E-state index is 6.08. The van der Waals surface area contributed by atoms with Gasteiger partial charge in [0, 0.05) is 0 Å². The summed E-state index contributed by atoms with van der Waals surface area (Å²) in [6, 6.07) is 8.52. The van der Waals surface area contributed by atoms with Gasteiger partial charge in [0.05, 0.1) is 0 Å². The Hall–Kier alpha value is -0.860. The van der Waals surface area contributed by atoms with Gasteiger partial charge in [-0.3, -0.25) is 0 Å². The van der Waals surface area contributed by atoms with E-state index in [0.717, 1.165) is 0 Å². The third kappa shape index (κ3) is 0.593. The van der Waals surface area contributed by atoms with Crippen LogP contribution in [-0.2, 0) is 20.7 Å². The third-order valence-corrected chi connectivity index (χ3v) is 5.42. The average molecular weight is 216 g/mol. The van der Waals surface area contributed by atoms with Gasteiger partial charge in [-0.05, 0) is 38.8 Å². The van der Waals surface area contributed by atoms with Crippen molar-refractivity contribution < 1.29 is 9.47 Å². The summed E-state index contributed by atoms with van der Waals surface area (Å²) in [4.78, 5) is 0. The standard InChI is InChI=1S/C14H16O2/c1-11-9-7-5-6-8-10(9)12(2)14(4,16-12)13(11,3)15-11/h5-8H,1-4H3/t11-,12-,13-,14-/m1/s1. The molecule has 0 spiro atoms. The lowest BCUT2D eigenvalue weighted by Gasteiger charge is -2.28. The zero-order valence-electron chi connectivity index (χ0n) is 10.1. The van der Waals surface area contributed by atoms with Gasteiger partial charge in [-0.1, -0.05) is 24.3 Å². The summed E-state index contributed by atoms with van der Waals surface area (Å²) in [6.07, 6.45) is 0. The first-order valence-electron chi connectivity index (χ1n) is 5.89. The number of hydrogen-bond donors (Lipinski definition) is 0. The molecule has 84 valence electrons. The van der Waals surface area contributed by atoms with E-state index in [9.17, 15) is 0 Å². The van der Waals surface area contributed by atoms with Gasteiger partial charge >= 0.3 is 0 Å². The van der Waals surface area contributed by atoms with E-state index >= 15 is 0 Å². The van der Waals surface area contributed by atoms with Crippen LogP contribution in [0.2, 0.25) is 0 Å². The lowest BCUT2D eigenvalue weighted by atomic mass is 9.66. The third-order valence-electron chi connectivity index (χ3n) is 5.42. The van der Waals surface area contributed by atoms with Gasteiger partial charge in [0.15, 0.2) is 0 Å². The SMILES string of the molecule is C[C@@]12O[C@]1(C)c1ccccc1[C@@]1(C)O[C@@]21C. The van der Waals surface area contributed by atoms with Crippen LogP contribution in [0.1, 0.15) is 38.8 Å². The van der Waals surface area contributed by atoms with E-state index in [1.807, 2.05) is 0 Å². The minimum absolute atomic E-state index is 0.158. The first-order chi connectivity index (χ1) is 7.39. The zero-order chi connectivity index (χ0) is 11.4. The number of fused-ring (bicyclic) bond motifs is 6. The summed E-state index contributed by atoms with van der Waals surface area (Å²) < 4.78 is 12.2. The lowest BCUT2D eigenvalue weighted by Crippen LogP contribution is -2.42. The monoisotopic (exact) mass is 216 g/mol. The van der Waals surface area contributed by atoms with E-state index in [-0.39, 0.29) is 22.4 Å². The molecule has 2 saturated heterocycles. The Morgan fingerprint density at radius 3 is 1.50 bits per heavy atom. The number of benzene rings is 1. The first kappa shape index (κ1) is 9.20. The maximum Gasteiger partial charge on any atom is 0.131 e. The van der Waals surface area contributed by atoms with Crippen molar-refractivity contribution in [3.05, 3.63) is 35.4 Å². The molecular weight excluding hydrogens is 200 g/mol. The highest BCUT2D eigenvalue weighted by atomic mass is 16.7. The molecule has 2 aliphatic heterocycles. The van der Waals surface area contributed by atoms with Gasteiger partial charge in [0.2, 0.25) is 0 Å². The Morgan fingerprint density at radius 2 is 1.12 bits per heavy atom. The molecule has 0 radical (unpaired) electrons. The van der Waals surface area contributed by atoms with Gasteiger partial charge in [-0.2, -0.15) is 0 Å². The van der Waals surface area contributed by atoms with E-state index in [1.165, 1.54) is 11.1 Å². The lowest BCUT2D eigenvalue weighted by molar-refractivity contribution is 0.177. The Morgan fingerprint density at radius 1 is 0.750 bits per heavy atom. The van der Waals surface area contributed by atoms with Crippen LogP contribution >= 0.6 is 0 Å². The largest absolute Gasteiger partial charge is 0.355 e. The molecule has 0 aromatic heterocycles. The molecule has 2 fully saturated rings. The fraction of sp³-hybridized carbons (Fsp3) is 0.571. The van der Waals surface area contributed by atoms with Crippen molar-refractivity contribution in [3.63, 3.8) is 0 Å². The molecule has 16 heavy (non-hydrogen) atoms. The first-order valence-corrected chi connectivity index (χ1v) is 5.89. The van der Waals surface area contributed by atoms with Gasteiger partial charge in [0.25, 0.3) is 0 Å². The highest BCUT2D eigenvalue weighted by Gasteiger charge is 2.89. The molecule has 2 heteroatoms. The van der Waals surface area contributed by atoms with Crippen LogP contribution in [0.5, 0.6) is 0 Å². The normalized spacial score (nSPS) is 56.0. The minimum atomic E-state index is -0.164. The summed E-state index contributed by atoms with van der Waals surface area (Å²) in [6.45, 7) is 8.71. The Bertz CT molecular complexity index is 478. The number of epoxide rings is 2. The zero-order valence-corrected chi connectivity index (χ0v) is 10.1. The molecule has 0 bridgehead atoms. The van der Waals surface area contributed by atoms with Crippen molar-refractivity contribution in [2.24, 2.45) is 0 Å². The van der Waals surface area contributed by atoms with E-state index in [1.54, 1.807) is 0 Å². The predicted molar refractivity (Wildman–Crippen MR) is 60.1 cm³/mol. The van der Waals surface area contributed by atoms with Crippen LogP contribution in [0.3, 0.4) is 0 Å². The summed E-state index contributed by atoms with van der Waals surface area (Å²) in [7, 11) is 0. The van der Waals surface area contributed by atoms with Crippen molar-refractivity contribution in [2.75, 3.05) is 0 Å². The van der Waals surface area contributed by atoms with Crippen LogP contribution in [0.25, 0.3) is 0 Å². The molecule has 4 rings (SSSR count). The van der Waals surface area contributed by atoms with Gasteiger partial charge in [-0.15, -0.1) is 0 Å². The fourth-order valence-electron chi connectivity index (χ4n) is 3.81. The quantitative estimate of drug-likeness (QED) is 0.623. The smallest absolute Gasteiger partial charge is 0.131 e. The van der Waals surface area contributed by atoms with Crippen LogP contribution in [0, 0.1) is 0 Å². The van der Waals surface area contributed by atoms with Gasteiger partial charge < -0.3 is 9.47 Å². The molecule has 1 aromatic rings. The van der Waals surface area contributed by atoms with Crippen molar-refractivity contribution in [2.45, 2.75) is 50.1 Å². The number of hydrogen-bond acceptors (Lipinski definition) is 2. The van der Waals surface area contributed by atoms with E-state index < -0.39 is 0 Å². The molecule has 1 aromatic carbocycles. The van der Waals surface area contributed by atoms with Crippen LogP contribution in [0.15, 0.2) is 24.3 Å². The average Bonchev–Trinajstić information content (AvgIpc) is 3.04. The highest BCUT2D eigenvalue weighted by Crippen LogP contribution is 2.78. The molecule has 4 atom stereocenters. The minimum Gasteiger partial charge on any atom is -0.355 e. The van der Waals surface area contributed by atoms with Crippen molar-refractivity contribution >= 4 is 0 Å². The fourth-order valence-corrected chi connectivity index (χ4v) is 3.81. The van der Waals surface area contributed by atoms with Crippen LogP contribution in [-0.4, -0.2) is 11.2 Å². The highest BCUT2D eigenvalue weighted by molar-refractivity contribution is 5.55. The second kappa shape index (κ2) is 1.98. The molecule has 1 aliphatic carbocycles. The van der Waals surface area contributed by atoms with Crippen LogP contribution in [0.4, 0.5) is 0 Å². The summed E-state index contributed by atoms with van der Waals surface area (Å²) in [5.41, 5.74) is 1.96. The molecule has 3 aliphatic rings. The van der Waals surface area contributed by atoms with Gasteiger partial charge in [0.1, 0.15) is 22.4 Å². The van der Waals surface area contributed by atoms with Crippen LogP contribution < -0.4 is 0 Å². The maximum atomic E-state index is 6.08. The van der Waals surface area contributed by atoms with E-state index in [0.29, 0.717) is 0 Å². The molecule has 0 unspecified atom stereocenters. The molecular formula is C14H16O2. The summed E-state index contributed by atoms with van der Waals surface area (Å²) in [5.74, 6) is 0. The summed E-state index contributed by atoms with van der Waals surface area (Å²) >= 11 is 0. The molecule has 2 heterocycles. The van der Waals surface area contributed by atoms with Crippen molar-refractivity contribution in [1.29, 1.82) is 0 Å². The molecule has 0 N–H and O–H groups in total. The second-order valence-electron chi connectivity index (χ2n) is 5.88. The van der Waals surface area contributed by atoms with Gasteiger partial charge in [-0.25, -0.2) is 0 Å². The molecule has 0 amide bonds. The Labute approximate surface area is 95.6 Å². The Kier molecular flexibility index (Phi) is 1.14. The number of ether oxygens (including phenoxy) is 2. The predicted octanol–water partition coefficient (Wildman–Crippen LogP) is 2.71. The Balaban J connectivity index is 2.07. The number of rotatable bonds is 0. The van der Waals surface area contributed by atoms with E-state index in [2.05, 4.69) is 52.0 Å². The van der Waals surface area contributed by atoms with Crippen molar-refractivity contribution in [1.82, 2.24) is 0 Å². The summed E-state index contributed by atoms with van der Waals surface area (Å²) in [5, 5.41) is 0. The second-order valence-corrected chi connectivity index (χ2v) is 5.88.